The summed E-state index contributed by atoms with van der Waals surface area (Å²) in [5.41, 5.74) is -3.95. The van der Waals surface area contributed by atoms with Crippen LogP contribution in [0.1, 0.15) is 62.9 Å². The molecule has 12 rings (SSSR count). The monoisotopic (exact) mass is 2020 g/mol. The number of benzene rings is 6. The van der Waals surface area contributed by atoms with Gasteiger partial charge in [0, 0.05) is 135 Å². The molecule has 3 unspecified atom stereocenters. The quantitative estimate of drug-likeness (QED) is 0.0205. The van der Waals surface area contributed by atoms with Crippen LogP contribution in [0.15, 0.2) is 190 Å². The third-order valence-corrected chi connectivity index (χ3v) is 28.0. The number of amides is 6. The number of aryl methyl sites for hydroxylation is 6. The number of fused-ring (bicyclic) bond motifs is 3. The minimum atomic E-state index is -5.47. The zero-order valence-electron chi connectivity index (χ0n) is 67.8. The molecule has 0 saturated carbocycles. The molecule has 6 aromatic heterocycles. The molecule has 0 fully saturated rings. The van der Waals surface area contributed by atoms with Gasteiger partial charge in [0.1, 0.15) is 82.4 Å². The first-order valence-corrected chi connectivity index (χ1v) is 49.4. The van der Waals surface area contributed by atoms with Crippen molar-refractivity contribution in [1.82, 2.24) is 27.4 Å². The van der Waals surface area contributed by atoms with Crippen LogP contribution in [0.2, 0.25) is 0 Å². The zero-order valence-corrected chi connectivity index (χ0v) is 75.2. The Kier molecular flexibility index (Phi) is 26.1. The fourth-order valence-corrected chi connectivity index (χ4v) is 20.5. The van der Waals surface area contributed by atoms with Gasteiger partial charge in [0.05, 0.1) is 66.9 Å². The van der Waals surface area contributed by atoms with Crippen molar-refractivity contribution in [1.29, 1.82) is 0 Å². The number of aromatic nitrogens is 6. The highest BCUT2D eigenvalue weighted by Gasteiger charge is 2.39. The van der Waals surface area contributed by atoms with Crippen molar-refractivity contribution >= 4 is 229 Å². The molecular formula is C73H67N15O36S9. The molecule has 60 heteroatoms. The molecule has 6 heterocycles. The summed E-state index contributed by atoms with van der Waals surface area (Å²) in [5, 5.41) is 18.3. The fourth-order valence-electron chi connectivity index (χ4n) is 14.3. The lowest BCUT2D eigenvalue weighted by atomic mass is 9.85. The van der Waals surface area contributed by atoms with Crippen LogP contribution in [0.5, 0.6) is 0 Å². The SMILES string of the molecule is Cn1cc(NC(=O)c2cc(NC(C=O)C(C(C=O)Nc3cc(C(=O)Nc4cc(C(=O)Nc5cc(S(=O)(=O)O)c6cc(S(=O)(=O)O)cc(S(=O)(=O)O)c6c5)n(C)c4)n(C)c3)C(C=O)Nc3cc(C(=O)Nc4cc(C(=O)Nc5cc(S(=O)(=O)O)c6cc(S(=O)(=O)O)cc(S(=O)(=O)O)c6c5)n(C)c4)n(C)c3)cn2C)cc1C(=O)Nc1cc(S(=O)(=O)O)c2cc(S(=O)(=O)O)cc(S(=O)(=O)O)c2c1. The summed E-state index contributed by atoms with van der Waals surface area (Å²) in [4.78, 5) is 115. The highest BCUT2D eigenvalue weighted by molar-refractivity contribution is 7.88. The molecule has 18 N–H and O–H groups in total. The van der Waals surface area contributed by atoms with Gasteiger partial charge < -0.3 is 89.6 Å². The molecular weight excluding hydrogens is 1950 g/mol. The number of aldehydes is 3. The lowest BCUT2D eigenvalue weighted by molar-refractivity contribution is -0.113. The second-order valence-electron chi connectivity index (χ2n) is 29.3. The lowest BCUT2D eigenvalue weighted by Crippen LogP contribution is -2.52. The van der Waals surface area contributed by atoms with Gasteiger partial charge in [-0.05, 0) is 109 Å². The summed E-state index contributed by atoms with van der Waals surface area (Å²) in [6, 6.07) is 7.91. The number of nitrogens with one attached hydrogen (secondary N) is 9. The minimum Gasteiger partial charge on any atom is -0.374 e. The van der Waals surface area contributed by atoms with Crippen LogP contribution in [-0.2, 0) is 148 Å². The van der Waals surface area contributed by atoms with Crippen molar-refractivity contribution in [3.05, 3.63) is 181 Å². The van der Waals surface area contributed by atoms with Crippen molar-refractivity contribution in [2.75, 3.05) is 47.9 Å². The second-order valence-corrected chi connectivity index (χ2v) is 41.9. The van der Waals surface area contributed by atoms with Crippen molar-refractivity contribution < 1.29 is 160 Å². The molecule has 6 aromatic carbocycles. The Morgan fingerprint density at radius 3 is 0.579 bits per heavy atom. The zero-order chi connectivity index (χ0) is 98.5. The second kappa shape index (κ2) is 35.4. The van der Waals surface area contributed by atoms with Gasteiger partial charge in [0.15, 0.2) is 0 Å². The Hall–Kier alpha value is -13.8. The van der Waals surface area contributed by atoms with Crippen LogP contribution in [-0.4, -0.2) is 217 Å². The Morgan fingerprint density at radius 2 is 0.398 bits per heavy atom. The van der Waals surface area contributed by atoms with E-state index in [9.17, 15) is 160 Å². The molecule has 0 saturated heterocycles. The van der Waals surface area contributed by atoms with Crippen molar-refractivity contribution in [2.24, 2.45) is 48.2 Å². The summed E-state index contributed by atoms with van der Waals surface area (Å²) in [7, 11) is -40.7. The van der Waals surface area contributed by atoms with Crippen molar-refractivity contribution in [2.45, 2.75) is 62.2 Å². The molecule has 0 aliphatic rings. The maximum absolute atomic E-state index is 14.2. The van der Waals surface area contributed by atoms with E-state index in [0.717, 1.165) is 50.1 Å². The maximum atomic E-state index is 14.2. The van der Waals surface area contributed by atoms with Crippen LogP contribution < -0.4 is 47.9 Å². The third-order valence-electron chi connectivity index (χ3n) is 20.1. The van der Waals surface area contributed by atoms with Gasteiger partial charge in [0.25, 0.3) is 127 Å². The van der Waals surface area contributed by atoms with Crippen molar-refractivity contribution in [3.63, 3.8) is 0 Å². The van der Waals surface area contributed by atoms with Crippen molar-refractivity contribution in [3.8, 4) is 0 Å². The molecule has 51 nitrogen and oxygen atoms in total. The van der Waals surface area contributed by atoms with Gasteiger partial charge in [-0.15, -0.1) is 0 Å². The Balaban J connectivity index is 0.813. The van der Waals surface area contributed by atoms with E-state index < -0.39 is 244 Å². The predicted octanol–water partition coefficient (Wildman–Crippen LogP) is 3.87. The maximum Gasteiger partial charge on any atom is 0.295 e. The van der Waals surface area contributed by atoms with E-state index in [-0.39, 0.29) is 105 Å². The summed E-state index contributed by atoms with van der Waals surface area (Å²) >= 11 is 0. The molecule has 3 atom stereocenters. The smallest absolute Gasteiger partial charge is 0.295 e. The number of rotatable bonds is 33. The topological polar surface area (TPSA) is 781 Å². The average molecular weight is 2020 g/mol. The van der Waals surface area contributed by atoms with E-state index >= 15 is 0 Å². The van der Waals surface area contributed by atoms with E-state index in [2.05, 4.69) is 47.9 Å². The Labute approximate surface area is 749 Å². The van der Waals surface area contributed by atoms with Gasteiger partial charge in [0.2, 0.25) is 0 Å². The summed E-state index contributed by atoms with van der Waals surface area (Å²) in [6.07, 6.45) is 8.22. The van der Waals surface area contributed by atoms with Gasteiger partial charge in [-0.1, -0.05) is 0 Å². The first-order chi connectivity index (χ1) is 61.3. The molecule has 133 heavy (non-hydrogen) atoms. The third kappa shape index (κ3) is 21.2. The summed E-state index contributed by atoms with van der Waals surface area (Å²) in [6.45, 7) is 0. The number of carbonyl (C=O) groups is 9. The molecule has 0 bridgehead atoms. The number of hydrogen-bond acceptors (Lipinski definition) is 30. The van der Waals surface area contributed by atoms with Gasteiger partial charge >= 0.3 is 0 Å². The van der Waals surface area contributed by atoms with Crippen LogP contribution >= 0.6 is 0 Å². The van der Waals surface area contributed by atoms with Crippen LogP contribution in [0.25, 0.3) is 32.3 Å². The number of hydrogen-bond donors (Lipinski definition) is 18. The van der Waals surface area contributed by atoms with Gasteiger partial charge in [-0.3, -0.25) is 69.7 Å². The van der Waals surface area contributed by atoms with E-state index in [4.69, 9.17) is 0 Å². The fraction of sp³-hybridized carbons (Fsp3) is 0.137. The summed E-state index contributed by atoms with van der Waals surface area (Å²) in [5.74, 6) is -7.82. The van der Waals surface area contributed by atoms with E-state index in [1.165, 1.54) is 111 Å². The van der Waals surface area contributed by atoms with Crippen LogP contribution in [0.4, 0.5) is 51.2 Å². The number of carbonyl (C=O) groups excluding carboxylic acids is 9. The molecule has 0 radical (unpaired) electrons. The van der Waals surface area contributed by atoms with E-state index in [1.807, 2.05) is 0 Å². The molecule has 704 valence electrons. The first kappa shape index (κ1) is 98.2. The Morgan fingerprint density at radius 1 is 0.233 bits per heavy atom. The molecule has 12 aromatic rings. The van der Waals surface area contributed by atoms with E-state index in [0.29, 0.717) is 36.4 Å². The van der Waals surface area contributed by atoms with E-state index in [1.54, 1.807) is 0 Å². The van der Waals surface area contributed by atoms with Crippen LogP contribution in [0, 0.1) is 5.92 Å². The molecule has 6 amide bonds. The summed E-state index contributed by atoms with van der Waals surface area (Å²) < 4.78 is 320. The standard InChI is InChI=1S/C73H67N15O36S9/c1-83-25-37(10-55(83)71(95)80-40-13-58(86(4)28-40)68(92)77-34-7-46-49(61(16-34)128(107,108)109)19-43(125(98,99)100)22-64(46)131(116,117)118)74-52(31-89)67(53(32-90)75-38-11-56(84(2)26-38)72(96)81-41-14-59(87(5)29-41)69(93)78-35-8-47-50(62(17-35)129(110,111)112)20-44(126(101,102)103)23-65(47)132(119,120)121)54(33-91)76-39-12-57(85(3)27-39)73(97)82-42-15-60(88(6)30-42)70(94)79-36-9-48-51(63(18-36)130(113,114)115)21-45(127(104,105)106)24-66(48)133(122,123)124/h7-33,52-54,67,74-76H,1-6H3,(H,77,92)(H,78,93)(H,79,94)(H,80,95)(H,81,96)(H,82,97)(H,98,99,100)(H,101,102,103)(H,104,105,106)(H,107,108,109)(H,110,111,112)(H,113,114,115)(H,116,117,118)(H,119,120,121)(H,122,123,124). The Bertz CT molecular complexity index is 7470. The highest BCUT2D eigenvalue weighted by Crippen LogP contribution is 2.40. The lowest BCUT2D eigenvalue weighted by Gasteiger charge is -2.34. The minimum absolute atomic E-state index is 0.0783. The van der Waals surface area contributed by atoms with Crippen LogP contribution in [0.3, 0.4) is 0 Å². The highest BCUT2D eigenvalue weighted by atomic mass is 32.3. The van der Waals surface area contributed by atoms with Gasteiger partial charge in [-0.25, -0.2) is 0 Å². The molecule has 0 aliphatic heterocycles. The van der Waals surface area contributed by atoms with Gasteiger partial charge in [-0.2, -0.15) is 75.8 Å². The normalized spacial score (nSPS) is 13.5. The first-order valence-electron chi connectivity index (χ1n) is 36.5. The predicted molar refractivity (Wildman–Crippen MR) is 464 cm³/mol. The molecule has 0 aliphatic carbocycles. The largest absolute Gasteiger partial charge is 0.374 e. The molecule has 0 spiro atoms. The number of nitrogens with zero attached hydrogens (tertiary/aromatic N) is 6. The average Bonchev–Trinajstić information content (AvgIpc) is 1.75. The number of anilines is 9.